The number of carbonyl (C=O) groups excluding carboxylic acids is 1. The second-order valence-electron chi connectivity index (χ2n) is 6.79. The van der Waals surface area contributed by atoms with Gasteiger partial charge in [0.25, 0.3) is 15.9 Å². The Kier molecular flexibility index (Phi) is 5.87. The van der Waals surface area contributed by atoms with E-state index in [0.29, 0.717) is 17.8 Å². The van der Waals surface area contributed by atoms with Gasteiger partial charge >= 0.3 is 0 Å². The topological polar surface area (TPSA) is 80.2 Å². The first-order valence-corrected chi connectivity index (χ1v) is 11.9. The van der Waals surface area contributed by atoms with Crippen LogP contribution in [0.3, 0.4) is 0 Å². The number of sulfonamides is 1. The Morgan fingerprint density at radius 3 is 2.53 bits per heavy atom. The van der Waals surface area contributed by atoms with Gasteiger partial charge in [0.1, 0.15) is 4.21 Å². The van der Waals surface area contributed by atoms with Crippen molar-refractivity contribution < 1.29 is 13.2 Å². The number of rotatable bonds is 8. The Balaban J connectivity index is 1.28. The summed E-state index contributed by atoms with van der Waals surface area (Å²) >= 11 is 1.15. The van der Waals surface area contributed by atoms with Crippen molar-refractivity contribution in [3.8, 4) is 0 Å². The number of amides is 1. The lowest BCUT2D eigenvalue weighted by atomic mass is 10.2. The number of nitrogens with one attached hydrogen (secondary N) is 2. The summed E-state index contributed by atoms with van der Waals surface area (Å²) in [5.74, 6) is -0.181. The van der Waals surface area contributed by atoms with E-state index in [1.165, 1.54) is 10.9 Å². The van der Waals surface area contributed by atoms with Crippen molar-refractivity contribution in [1.82, 2.24) is 9.88 Å². The maximum absolute atomic E-state index is 12.3. The number of hydrogen-bond acceptors (Lipinski definition) is 4. The molecule has 2 N–H and O–H groups in total. The molecular formula is C22H21N3O3S2. The number of carbonyl (C=O) groups is 1. The molecule has 2 heterocycles. The van der Waals surface area contributed by atoms with E-state index in [0.717, 1.165) is 24.3 Å². The molecule has 4 aromatic rings. The normalized spacial score (nSPS) is 11.5. The van der Waals surface area contributed by atoms with Crippen LogP contribution in [0.1, 0.15) is 16.8 Å². The van der Waals surface area contributed by atoms with E-state index in [2.05, 4.69) is 39.0 Å². The molecule has 0 bridgehead atoms. The Hall–Kier alpha value is -3.10. The Labute approximate surface area is 179 Å². The molecule has 154 valence electrons. The highest BCUT2D eigenvalue weighted by atomic mass is 32.2. The molecule has 0 saturated carbocycles. The van der Waals surface area contributed by atoms with E-state index in [9.17, 15) is 13.2 Å². The number of aryl methyl sites for hydroxylation is 1. The molecule has 2 aromatic carbocycles. The first-order valence-electron chi connectivity index (χ1n) is 9.51. The van der Waals surface area contributed by atoms with E-state index < -0.39 is 10.0 Å². The second kappa shape index (κ2) is 8.73. The van der Waals surface area contributed by atoms with Crippen LogP contribution in [0, 0.1) is 0 Å². The minimum Gasteiger partial charge on any atom is -0.352 e. The number of thiophene rings is 1. The standard InChI is InChI=1S/C22H21N3O3S2/c26-22(23-13-4-14-25-15-12-17-5-1-2-6-20(17)25)18-8-10-19(11-9-18)24-30(27,28)21-7-3-16-29-21/h1-3,5-12,15-16,24H,4,13-14H2,(H,23,26). The largest absolute Gasteiger partial charge is 0.352 e. The summed E-state index contributed by atoms with van der Waals surface area (Å²) in [4.78, 5) is 12.3. The van der Waals surface area contributed by atoms with Crippen molar-refractivity contribution in [3.63, 3.8) is 0 Å². The average Bonchev–Trinajstić information content (AvgIpc) is 3.42. The van der Waals surface area contributed by atoms with Crippen LogP contribution in [0.4, 0.5) is 5.69 Å². The van der Waals surface area contributed by atoms with Crippen molar-refractivity contribution in [2.75, 3.05) is 11.3 Å². The number of anilines is 1. The van der Waals surface area contributed by atoms with Gasteiger partial charge in [-0.15, -0.1) is 11.3 Å². The fourth-order valence-corrected chi connectivity index (χ4v) is 5.25. The lowest BCUT2D eigenvalue weighted by Gasteiger charge is -2.09. The number of nitrogens with zero attached hydrogens (tertiary/aromatic N) is 1. The number of para-hydroxylation sites is 1. The molecule has 4 rings (SSSR count). The van der Waals surface area contributed by atoms with Gasteiger partial charge in [-0.2, -0.15) is 0 Å². The van der Waals surface area contributed by atoms with Crippen LogP contribution in [-0.2, 0) is 16.6 Å². The smallest absolute Gasteiger partial charge is 0.271 e. The molecule has 0 aliphatic rings. The molecule has 0 spiro atoms. The molecule has 1 amide bonds. The van der Waals surface area contributed by atoms with E-state index in [4.69, 9.17) is 0 Å². The van der Waals surface area contributed by atoms with E-state index >= 15 is 0 Å². The average molecular weight is 440 g/mol. The third-order valence-corrected chi connectivity index (χ3v) is 7.48. The Morgan fingerprint density at radius 2 is 1.77 bits per heavy atom. The summed E-state index contributed by atoms with van der Waals surface area (Å²) in [5, 5.41) is 5.82. The first-order chi connectivity index (χ1) is 14.5. The predicted octanol–water partition coefficient (Wildman–Crippen LogP) is 4.32. The van der Waals surface area contributed by atoms with Gasteiger partial charge in [0.2, 0.25) is 0 Å². The highest BCUT2D eigenvalue weighted by molar-refractivity contribution is 7.94. The zero-order valence-electron chi connectivity index (χ0n) is 16.1. The fourth-order valence-electron chi connectivity index (χ4n) is 3.20. The van der Waals surface area contributed by atoms with Crippen LogP contribution >= 0.6 is 11.3 Å². The maximum Gasteiger partial charge on any atom is 0.271 e. The number of aromatic nitrogens is 1. The minimum absolute atomic E-state index is 0.181. The summed E-state index contributed by atoms with van der Waals surface area (Å²) in [5.41, 5.74) is 2.09. The van der Waals surface area contributed by atoms with Gasteiger partial charge in [0, 0.05) is 36.1 Å². The first kappa shape index (κ1) is 20.2. The van der Waals surface area contributed by atoms with Gasteiger partial charge < -0.3 is 9.88 Å². The molecule has 30 heavy (non-hydrogen) atoms. The Morgan fingerprint density at radius 1 is 0.967 bits per heavy atom. The van der Waals surface area contributed by atoms with Gasteiger partial charge in [-0.25, -0.2) is 8.42 Å². The van der Waals surface area contributed by atoms with E-state index in [1.54, 1.807) is 41.8 Å². The predicted molar refractivity (Wildman–Crippen MR) is 120 cm³/mol. The van der Waals surface area contributed by atoms with Crippen molar-refractivity contribution in [2.45, 2.75) is 17.2 Å². The SMILES string of the molecule is O=C(NCCCn1ccc2ccccc21)c1ccc(NS(=O)(=O)c2cccs2)cc1. The van der Waals surface area contributed by atoms with Crippen LogP contribution in [-0.4, -0.2) is 25.4 Å². The third-order valence-electron chi connectivity index (χ3n) is 4.70. The molecular weight excluding hydrogens is 418 g/mol. The van der Waals surface area contributed by atoms with Gasteiger partial charge in [-0.05, 0) is 59.7 Å². The van der Waals surface area contributed by atoms with Crippen molar-refractivity contribution in [1.29, 1.82) is 0 Å². The minimum atomic E-state index is -3.59. The monoisotopic (exact) mass is 439 g/mol. The second-order valence-corrected chi connectivity index (χ2v) is 9.65. The lowest BCUT2D eigenvalue weighted by molar-refractivity contribution is 0.0953. The van der Waals surface area contributed by atoms with Gasteiger partial charge in [0.05, 0.1) is 0 Å². The Bertz CT molecular complexity index is 1240. The maximum atomic E-state index is 12.3. The molecule has 0 unspecified atom stereocenters. The quantitative estimate of drug-likeness (QED) is 0.401. The molecule has 0 fully saturated rings. The summed E-state index contributed by atoms with van der Waals surface area (Å²) in [7, 11) is -3.59. The molecule has 2 aromatic heterocycles. The van der Waals surface area contributed by atoms with Crippen LogP contribution in [0.5, 0.6) is 0 Å². The molecule has 8 heteroatoms. The molecule has 0 atom stereocenters. The summed E-state index contributed by atoms with van der Waals surface area (Å²) < 4.78 is 29.5. The van der Waals surface area contributed by atoms with Crippen LogP contribution in [0.15, 0.2) is 82.5 Å². The number of benzene rings is 2. The molecule has 6 nitrogen and oxygen atoms in total. The van der Waals surface area contributed by atoms with Crippen LogP contribution in [0.2, 0.25) is 0 Å². The number of hydrogen-bond donors (Lipinski definition) is 2. The molecule has 0 radical (unpaired) electrons. The fraction of sp³-hybridized carbons (Fsp3) is 0.136. The third kappa shape index (κ3) is 4.55. The van der Waals surface area contributed by atoms with Crippen LogP contribution < -0.4 is 10.0 Å². The van der Waals surface area contributed by atoms with E-state index in [1.807, 2.05) is 12.1 Å². The van der Waals surface area contributed by atoms with Crippen molar-refractivity contribution >= 4 is 43.9 Å². The van der Waals surface area contributed by atoms with Crippen LogP contribution in [0.25, 0.3) is 10.9 Å². The summed E-state index contributed by atoms with van der Waals surface area (Å²) in [6.07, 6.45) is 2.87. The summed E-state index contributed by atoms with van der Waals surface area (Å²) in [6, 6.07) is 19.9. The zero-order chi connectivity index (χ0) is 21.0. The molecule has 0 saturated heterocycles. The molecule has 0 aliphatic carbocycles. The highest BCUT2D eigenvalue weighted by Crippen LogP contribution is 2.20. The summed E-state index contributed by atoms with van der Waals surface area (Å²) in [6.45, 7) is 1.37. The van der Waals surface area contributed by atoms with Crippen molar-refractivity contribution in [2.24, 2.45) is 0 Å². The van der Waals surface area contributed by atoms with Gasteiger partial charge in [-0.3, -0.25) is 9.52 Å². The van der Waals surface area contributed by atoms with Crippen molar-refractivity contribution in [3.05, 3.63) is 83.9 Å². The highest BCUT2D eigenvalue weighted by Gasteiger charge is 2.15. The zero-order valence-corrected chi connectivity index (χ0v) is 17.7. The van der Waals surface area contributed by atoms with E-state index in [-0.39, 0.29) is 10.1 Å². The molecule has 0 aliphatic heterocycles. The lowest BCUT2D eigenvalue weighted by Crippen LogP contribution is -2.25. The van der Waals surface area contributed by atoms with Gasteiger partial charge in [-0.1, -0.05) is 24.3 Å². The number of fused-ring (bicyclic) bond motifs is 1. The van der Waals surface area contributed by atoms with Gasteiger partial charge in [0.15, 0.2) is 0 Å².